The summed E-state index contributed by atoms with van der Waals surface area (Å²) in [6.45, 7) is 5.56. The number of imidazole rings is 1. The average molecular weight is 419 g/mol. The molecule has 8 nitrogen and oxygen atoms in total. The highest BCUT2D eigenvalue weighted by Gasteiger charge is 2.18. The molecule has 8 heteroatoms. The van der Waals surface area contributed by atoms with Gasteiger partial charge in [-0.05, 0) is 42.7 Å². The highest BCUT2D eigenvalue weighted by atomic mass is 16.5. The average Bonchev–Trinajstić information content (AvgIpc) is 3.45. The minimum Gasteiger partial charge on any atom is -0.497 e. The maximum atomic E-state index is 12.9. The van der Waals surface area contributed by atoms with Crippen LogP contribution >= 0.6 is 0 Å². The van der Waals surface area contributed by atoms with Crippen molar-refractivity contribution < 1.29 is 9.53 Å². The fraction of sp³-hybridized carbons (Fsp3) is 0.304. The third kappa shape index (κ3) is 4.42. The first-order valence-electron chi connectivity index (χ1n) is 10.3. The van der Waals surface area contributed by atoms with Crippen molar-refractivity contribution in [2.24, 2.45) is 0 Å². The van der Waals surface area contributed by atoms with E-state index in [1.165, 1.54) is 0 Å². The summed E-state index contributed by atoms with van der Waals surface area (Å²) in [6.07, 6.45) is 7.83. The van der Waals surface area contributed by atoms with Gasteiger partial charge in [0.1, 0.15) is 11.3 Å². The quantitative estimate of drug-likeness (QED) is 0.442. The Morgan fingerprint density at radius 3 is 2.71 bits per heavy atom. The number of nitrogens with one attached hydrogen (secondary N) is 1. The smallest absolute Gasteiger partial charge is 0.256 e. The second kappa shape index (κ2) is 8.99. The first kappa shape index (κ1) is 20.6. The summed E-state index contributed by atoms with van der Waals surface area (Å²) >= 11 is 0. The van der Waals surface area contributed by atoms with Crippen LogP contribution in [0.25, 0.3) is 16.9 Å². The van der Waals surface area contributed by atoms with Crippen LogP contribution < -0.4 is 10.1 Å². The van der Waals surface area contributed by atoms with Crippen molar-refractivity contribution in [1.82, 2.24) is 29.5 Å². The van der Waals surface area contributed by atoms with Gasteiger partial charge in [0, 0.05) is 36.7 Å². The number of carbonyl (C=O) groups is 1. The van der Waals surface area contributed by atoms with E-state index in [0.29, 0.717) is 17.8 Å². The number of carbonyl (C=O) groups excluding carboxylic acids is 1. The van der Waals surface area contributed by atoms with Crippen LogP contribution in [-0.4, -0.2) is 43.7 Å². The lowest BCUT2D eigenvalue weighted by molar-refractivity contribution is 0.0954. The number of fused-ring (bicyclic) bond motifs is 1. The molecule has 0 bridgehead atoms. The van der Waals surface area contributed by atoms with Gasteiger partial charge in [-0.15, -0.1) is 0 Å². The Hall–Kier alpha value is -3.68. The molecule has 0 atom stereocenters. The Kier molecular flexibility index (Phi) is 5.97. The summed E-state index contributed by atoms with van der Waals surface area (Å²) in [5.74, 6) is 0.831. The van der Waals surface area contributed by atoms with Gasteiger partial charge in [-0.1, -0.05) is 13.8 Å². The van der Waals surface area contributed by atoms with Crippen LogP contribution in [0.3, 0.4) is 0 Å². The van der Waals surface area contributed by atoms with Crippen LogP contribution in [-0.2, 0) is 6.54 Å². The fourth-order valence-corrected chi connectivity index (χ4v) is 3.44. The topological polar surface area (TPSA) is 86.3 Å². The van der Waals surface area contributed by atoms with Gasteiger partial charge >= 0.3 is 0 Å². The molecule has 160 valence electrons. The normalized spacial score (nSPS) is 11.2. The van der Waals surface area contributed by atoms with Crippen molar-refractivity contribution in [1.29, 1.82) is 0 Å². The van der Waals surface area contributed by atoms with Crippen LogP contribution in [0.1, 0.15) is 42.2 Å². The molecule has 3 aromatic heterocycles. The summed E-state index contributed by atoms with van der Waals surface area (Å²) in [7, 11) is 1.64. The number of nitrogens with zero attached hydrogens (tertiary/aromatic N) is 5. The lowest BCUT2D eigenvalue weighted by atomic mass is 10.1. The Bertz CT molecular complexity index is 1160. The number of benzene rings is 1. The molecule has 4 aromatic rings. The van der Waals surface area contributed by atoms with Crippen molar-refractivity contribution in [2.75, 3.05) is 13.7 Å². The summed E-state index contributed by atoms with van der Waals surface area (Å²) in [5, 5.41) is 7.43. The molecule has 0 aliphatic rings. The van der Waals surface area contributed by atoms with E-state index in [1.807, 2.05) is 41.1 Å². The molecule has 0 unspecified atom stereocenters. The van der Waals surface area contributed by atoms with Gasteiger partial charge in [0.2, 0.25) is 0 Å². The lowest BCUT2D eigenvalue weighted by Gasteiger charge is -2.12. The highest BCUT2D eigenvalue weighted by molar-refractivity contribution is 5.99. The number of rotatable bonds is 8. The number of amides is 1. The van der Waals surface area contributed by atoms with Gasteiger partial charge in [-0.2, -0.15) is 5.10 Å². The van der Waals surface area contributed by atoms with E-state index in [2.05, 4.69) is 29.2 Å². The summed E-state index contributed by atoms with van der Waals surface area (Å²) in [6, 6.07) is 9.77. The molecule has 0 spiro atoms. The minimum atomic E-state index is -0.172. The molecule has 0 aliphatic heterocycles. The number of ether oxygens (including phenoxy) is 1. The third-order valence-electron chi connectivity index (χ3n) is 5.16. The van der Waals surface area contributed by atoms with Crippen LogP contribution in [0.2, 0.25) is 0 Å². The van der Waals surface area contributed by atoms with Gasteiger partial charge < -0.3 is 14.6 Å². The second-order valence-electron chi connectivity index (χ2n) is 7.65. The zero-order valence-electron chi connectivity index (χ0n) is 17.9. The molecule has 3 heterocycles. The molecule has 1 aromatic carbocycles. The van der Waals surface area contributed by atoms with Crippen molar-refractivity contribution in [3.05, 3.63) is 66.5 Å². The van der Waals surface area contributed by atoms with E-state index in [1.54, 1.807) is 30.3 Å². The Morgan fingerprint density at radius 2 is 2.03 bits per heavy atom. The van der Waals surface area contributed by atoms with Crippen LogP contribution in [0, 0.1) is 0 Å². The van der Waals surface area contributed by atoms with Crippen LogP contribution in [0.15, 0.2) is 55.2 Å². The molecule has 0 saturated carbocycles. The first-order valence-corrected chi connectivity index (χ1v) is 10.3. The van der Waals surface area contributed by atoms with Crippen molar-refractivity contribution in [3.63, 3.8) is 0 Å². The van der Waals surface area contributed by atoms with Crippen molar-refractivity contribution >= 4 is 11.6 Å². The monoisotopic (exact) mass is 418 g/mol. The Morgan fingerprint density at radius 1 is 1.23 bits per heavy atom. The Labute approximate surface area is 180 Å². The minimum absolute atomic E-state index is 0.172. The molecular weight excluding hydrogens is 392 g/mol. The van der Waals surface area contributed by atoms with E-state index in [4.69, 9.17) is 9.72 Å². The summed E-state index contributed by atoms with van der Waals surface area (Å²) in [5.41, 5.74) is 3.78. The fourth-order valence-electron chi connectivity index (χ4n) is 3.44. The third-order valence-corrected chi connectivity index (χ3v) is 5.16. The van der Waals surface area contributed by atoms with E-state index in [0.717, 1.165) is 35.7 Å². The van der Waals surface area contributed by atoms with Gasteiger partial charge in [0.05, 0.1) is 25.3 Å². The van der Waals surface area contributed by atoms with Gasteiger partial charge in [0.15, 0.2) is 5.65 Å². The maximum absolute atomic E-state index is 12.9. The zero-order valence-corrected chi connectivity index (χ0v) is 17.9. The van der Waals surface area contributed by atoms with Crippen LogP contribution in [0.4, 0.5) is 0 Å². The van der Waals surface area contributed by atoms with E-state index >= 15 is 0 Å². The van der Waals surface area contributed by atoms with Crippen LogP contribution in [0.5, 0.6) is 5.75 Å². The lowest BCUT2D eigenvalue weighted by Crippen LogP contribution is -2.25. The van der Waals surface area contributed by atoms with Crippen molar-refractivity contribution in [2.45, 2.75) is 32.7 Å². The van der Waals surface area contributed by atoms with Gasteiger partial charge in [-0.25, -0.2) is 14.5 Å². The SMILES string of the molecule is COc1ccc(-c2cc(C(C)C)n3ncc(C(=O)NCCCn4ccnc4)c3n2)cc1. The number of hydrogen-bond donors (Lipinski definition) is 1. The second-order valence-corrected chi connectivity index (χ2v) is 7.65. The zero-order chi connectivity index (χ0) is 21.8. The maximum Gasteiger partial charge on any atom is 0.256 e. The first-order chi connectivity index (χ1) is 15.1. The Balaban J connectivity index is 1.59. The number of aryl methyl sites for hydroxylation is 1. The van der Waals surface area contributed by atoms with Crippen molar-refractivity contribution in [3.8, 4) is 17.0 Å². The predicted molar refractivity (Wildman–Crippen MR) is 118 cm³/mol. The molecule has 0 saturated heterocycles. The standard InChI is InChI=1S/C23H26N6O2/c1-16(2)21-13-20(17-5-7-18(31-3)8-6-17)27-22-19(14-26-29(21)22)23(30)25-9-4-11-28-12-10-24-15-28/h5-8,10,12-16H,4,9,11H2,1-3H3,(H,25,30). The molecule has 31 heavy (non-hydrogen) atoms. The number of aromatic nitrogens is 5. The summed E-state index contributed by atoms with van der Waals surface area (Å²) < 4.78 is 9.00. The molecule has 0 radical (unpaired) electrons. The number of hydrogen-bond acceptors (Lipinski definition) is 5. The highest BCUT2D eigenvalue weighted by Crippen LogP contribution is 2.26. The number of methoxy groups -OCH3 is 1. The molecule has 1 N–H and O–H groups in total. The predicted octanol–water partition coefficient (Wildman–Crippen LogP) is 3.54. The van der Waals surface area contributed by atoms with Gasteiger partial charge in [0.25, 0.3) is 5.91 Å². The molecule has 1 amide bonds. The van der Waals surface area contributed by atoms with Gasteiger partial charge in [-0.3, -0.25) is 4.79 Å². The molecule has 4 rings (SSSR count). The molecule has 0 aliphatic carbocycles. The largest absolute Gasteiger partial charge is 0.497 e. The van der Waals surface area contributed by atoms with E-state index < -0.39 is 0 Å². The van der Waals surface area contributed by atoms with E-state index in [-0.39, 0.29) is 11.8 Å². The van der Waals surface area contributed by atoms with E-state index in [9.17, 15) is 4.79 Å². The molecule has 0 fully saturated rings. The molecular formula is C23H26N6O2. The summed E-state index contributed by atoms with van der Waals surface area (Å²) in [4.78, 5) is 21.7.